The Labute approximate surface area is 156 Å². The van der Waals surface area contributed by atoms with Crippen LogP contribution >= 0.6 is 0 Å². The van der Waals surface area contributed by atoms with Crippen molar-refractivity contribution in [2.45, 2.75) is 39.2 Å². The molecule has 1 N–H and O–H groups in total. The average molecular weight is 367 g/mol. The van der Waals surface area contributed by atoms with Gasteiger partial charge >= 0.3 is 6.03 Å². The summed E-state index contributed by atoms with van der Waals surface area (Å²) in [7, 11) is 0. The molecule has 2 aromatic heterocycles. The Hall–Kier alpha value is -3.16. The van der Waals surface area contributed by atoms with E-state index in [0.29, 0.717) is 30.4 Å². The highest BCUT2D eigenvalue weighted by Gasteiger charge is 2.32. The summed E-state index contributed by atoms with van der Waals surface area (Å²) in [4.78, 5) is 18.9. The fourth-order valence-corrected chi connectivity index (χ4v) is 3.30. The first kappa shape index (κ1) is 17.3. The number of hydrogen-bond donors (Lipinski definition) is 1. The highest BCUT2D eigenvalue weighted by atomic mass is 16.5. The van der Waals surface area contributed by atoms with Gasteiger partial charge in [0.15, 0.2) is 5.82 Å². The summed E-state index contributed by atoms with van der Waals surface area (Å²) in [5.74, 6) is 1.85. The van der Waals surface area contributed by atoms with Gasteiger partial charge in [-0.05, 0) is 38.0 Å². The van der Waals surface area contributed by atoms with Gasteiger partial charge in [0.05, 0.1) is 6.04 Å². The van der Waals surface area contributed by atoms with E-state index in [1.807, 2.05) is 44.2 Å². The normalized spacial score (nSPS) is 16.7. The number of carbonyl (C=O) groups excluding carboxylic acids is 1. The zero-order valence-corrected chi connectivity index (χ0v) is 15.3. The standard InChI is InChI=1S/C19H21N5O3/c1-3-17-21-18(27-23-17)13-6-4-7-14(11-13)20-19(25)24-9-5-8-16(24)15-10-12(2)26-22-15/h4,6-7,10-11,16H,3,5,8-9H2,1-2H3,(H,20,25)/t16-/m1/s1. The van der Waals surface area contributed by atoms with Gasteiger partial charge in [0.25, 0.3) is 5.89 Å². The van der Waals surface area contributed by atoms with Crippen molar-refractivity contribution in [3.63, 3.8) is 0 Å². The molecule has 1 aliphatic heterocycles. The van der Waals surface area contributed by atoms with Crippen LogP contribution in [0.2, 0.25) is 0 Å². The Morgan fingerprint density at radius 2 is 2.19 bits per heavy atom. The molecule has 140 valence electrons. The molecule has 1 aromatic carbocycles. The molecule has 8 nitrogen and oxygen atoms in total. The van der Waals surface area contributed by atoms with Crippen LogP contribution in [0, 0.1) is 6.92 Å². The second-order valence-corrected chi connectivity index (χ2v) is 6.59. The van der Waals surface area contributed by atoms with Crippen molar-refractivity contribution in [1.82, 2.24) is 20.2 Å². The summed E-state index contributed by atoms with van der Waals surface area (Å²) in [6, 6.07) is 9.06. The Morgan fingerprint density at radius 3 is 2.93 bits per heavy atom. The van der Waals surface area contributed by atoms with E-state index in [0.717, 1.165) is 29.9 Å². The highest BCUT2D eigenvalue weighted by Crippen LogP contribution is 2.32. The first-order valence-electron chi connectivity index (χ1n) is 9.08. The molecular weight excluding hydrogens is 346 g/mol. The van der Waals surface area contributed by atoms with Crippen molar-refractivity contribution < 1.29 is 13.8 Å². The maximum Gasteiger partial charge on any atom is 0.322 e. The van der Waals surface area contributed by atoms with Gasteiger partial charge in [0, 0.05) is 30.3 Å². The molecule has 4 rings (SSSR count). The number of likely N-dealkylation sites (tertiary alicyclic amines) is 1. The molecule has 3 heterocycles. The number of aryl methyl sites for hydroxylation is 2. The lowest BCUT2D eigenvalue weighted by Crippen LogP contribution is -2.34. The molecule has 1 saturated heterocycles. The number of hydrogen-bond acceptors (Lipinski definition) is 6. The molecule has 0 unspecified atom stereocenters. The summed E-state index contributed by atoms with van der Waals surface area (Å²) in [6.45, 7) is 4.50. The first-order chi connectivity index (χ1) is 13.1. The predicted molar refractivity (Wildman–Crippen MR) is 98.1 cm³/mol. The Balaban J connectivity index is 1.50. The second kappa shape index (κ2) is 7.22. The molecule has 1 fully saturated rings. The van der Waals surface area contributed by atoms with Crippen LogP contribution in [-0.4, -0.2) is 32.8 Å². The molecule has 1 atom stereocenters. The SMILES string of the molecule is CCc1noc(-c2cccc(NC(=O)N3CCC[C@@H]3c3cc(C)on3)c2)n1. The number of benzene rings is 1. The van der Waals surface area contributed by atoms with Crippen LogP contribution < -0.4 is 5.32 Å². The summed E-state index contributed by atoms with van der Waals surface area (Å²) in [5.41, 5.74) is 2.24. The molecule has 27 heavy (non-hydrogen) atoms. The smallest absolute Gasteiger partial charge is 0.322 e. The average Bonchev–Trinajstić information content (AvgIpc) is 3.41. The van der Waals surface area contributed by atoms with E-state index in [9.17, 15) is 4.79 Å². The van der Waals surface area contributed by atoms with Gasteiger partial charge in [-0.25, -0.2) is 4.79 Å². The largest absolute Gasteiger partial charge is 0.361 e. The quantitative estimate of drug-likeness (QED) is 0.749. The van der Waals surface area contributed by atoms with Gasteiger partial charge in [-0.2, -0.15) is 4.98 Å². The van der Waals surface area contributed by atoms with Crippen LogP contribution in [0.25, 0.3) is 11.5 Å². The third-order valence-electron chi connectivity index (χ3n) is 4.65. The van der Waals surface area contributed by atoms with Gasteiger partial charge in [-0.1, -0.05) is 23.3 Å². The lowest BCUT2D eigenvalue weighted by molar-refractivity contribution is 0.204. The summed E-state index contributed by atoms with van der Waals surface area (Å²) in [6.07, 6.45) is 2.52. The number of anilines is 1. The van der Waals surface area contributed by atoms with Crippen molar-refractivity contribution in [3.8, 4) is 11.5 Å². The molecule has 3 aromatic rings. The van der Waals surface area contributed by atoms with E-state index in [1.54, 1.807) is 4.90 Å². The summed E-state index contributed by atoms with van der Waals surface area (Å²) >= 11 is 0. The molecule has 1 aliphatic rings. The zero-order valence-electron chi connectivity index (χ0n) is 15.3. The fraction of sp³-hybridized carbons (Fsp3) is 0.368. The third kappa shape index (κ3) is 3.55. The van der Waals surface area contributed by atoms with Gasteiger partial charge in [0.1, 0.15) is 11.5 Å². The monoisotopic (exact) mass is 367 g/mol. The number of amides is 2. The van der Waals surface area contributed by atoms with E-state index < -0.39 is 0 Å². The summed E-state index contributed by atoms with van der Waals surface area (Å²) in [5, 5.41) is 11.0. The van der Waals surface area contributed by atoms with Crippen molar-refractivity contribution in [2.75, 3.05) is 11.9 Å². The van der Waals surface area contributed by atoms with E-state index in [-0.39, 0.29) is 12.1 Å². The number of aromatic nitrogens is 3. The molecule has 0 aliphatic carbocycles. The van der Waals surface area contributed by atoms with Gasteiger partial charge in [-0.15, -0.1) is 0 Å². The molecule has 0 saturated carbocycles. The number of urea groups is 1. The minimum atomic E-state index is -0.157. The first-order valence-corrected chi connectivity index (χ1v) is 9.08. The zero-order chi connectivity index (χ0) is 18.8. The maximum absolute atomic E-state index is 12.8. The van der Waals surface area contributed by atoms with E-state index in [1.165, 1.54) is 0 Å². The van der Waals surface area contributed by atoms with Gasteiger partial charge in [-0.3, -0.25) is 0 Å². The Kier molecular flexibility index (Phi) is 4.62. The van der Waals surface area contributed by atoms with E-state index >= 15 is 0 Å². The molecular formula is C19H21N5O3. The molecule has 8 heteroatoms. The molecule has 0 radical (unpaired) electrons. The summed E-state index contributed by atoms with van der Waals surface area (Å²) < 4.78 is 10.4. The Morgan fingerprint density at radius 1 is 1.30 bits per heavy atom. The van der Waals surface area contributed by atoms with Crippen molar-refractivity contribution >= 4 is 11.7 Å². The molecule has 0 bridgehead atoms. The molecule has 2 amide bonds. The number of rotatable bonds is 4. The highest BCUT2D eigenvalue weighted by molar-refractivity contribution is 5.90. The minimum Gasteiger partial charge on any atom is -0.361 e. The maximum atomic E-state index is 12.8. The van der Waals surface area contributed by atoms with Crippen LogP contribution in [0.4, 0.5) is 10.5 Å². The number of nitrogens with zero attached hydrogens (tertiary/aromatic N) is 4. The number of carbonyl (C=O) groups is 1. The van der Waals surface area contributed by atoms with Crippen molar-refractivity contribution in [1.29, 1.82) is 0 Å². The van der Waals surface area contributed by atoms with Crippen LogP contribution in [0.3, 0.4) is 0 Å². The topological polar surface area (TPSA) is 97.3 Å². The lowest BCUT2D eigenvalue weighted by atomic mass is 10.1. The van der Waals surface area contributed by atoms with E-state index in [4.69, 9.17) is 9.05 Å². The minimum absolute atomic E-state index is 0.0614. The van der Waals surface area contributed by atoms with Gasteiger partial charge < -0.3 is 19.3 Å². The predicted octanol–water partition coefficient (Wildman–Crippen LogP) is 3.96. The van der Waals surface area contributed by atoms with Gasteiger partial charge in [0.2, 0.25) is 0 Å². The number of nitrogens with one attached hydrogen (secondary N) is 1. The van der Waals surface area contributed by atoms with Crippen LogP contribution in [0.15, 0.2) is 39.4 Å². The van der Waals surface area contributed by atoms with E-state index in [2.05, 4.69) is 20.6 Å². The fourth-order valence-electron chi connectivity index (χ4n) is 3.30. The molecule has 0 spiro atoms. The second-order valence-electron chi connectivity index (χ2n) is 6.59. The lowest BCUT2D eigenvalue weighted by Gasteiger charge is -2.23. The van der Waals surface area contributed by atoms with Crippen molar-refractivity contribution in [3.05, 3.63) is 47.6 Å². The third-order valence-corrected chi connectivity index (χ3v) is 4.65. The van der Waals surface area contributed by atoms with Crippen LogP contribution in [0.5, 0.6) is 0 Å². The van der Waals surface area contributed by atoms with Crippen LogP contribution in [-0.2, 0) is 6.42 Å². The Bertz CT molecular complexity index is 948. The van der Waals surface area contributed by atoms with Crippen molar-refractivity contribution in [2.24, 2.45) is 0 Å². The van der Waals surface area contributed by atoms with Crippen LogP contribution in [0.1, 0.15) is 43.1 Å².